The Morgan fingerprint density at radius 3 is 2.87 bits per heavy atom. The minimum absolute atomic E-state index is 0.837. The molecule has 0 bridgehead atoms. The third-order valence-electron chi connectivity index (χ3n) is 1.89. The van der Waals surface area contributed by atoms with Crippen LogP contribution in [0.4, 0.5) is 0 Å². The van der Waals surface area contributed by atoms with Crippen molar-refractivity contribution in [2.24, 2.45) is 7.05 Å². The van der Waals surface area contributed by atoms with E-state index in [4.69, 9.17) is 0 Å². The molecule has 0 aliphatic rings. The van der Waals surface area contributed by atoms with Gasteiger partial charge in [0.1, 0.15) is 11.4 Å². The number of aromatic nitrogens is 4. The van der Waals surface area contributed by atoms with Crippen LogP contribution in [0.25, 0.3) is 0 Å². The highest BCUT2D eigenvalue weighted by atomic mass is 79.9. The van der Waals surface area contributed by atoms with E-state index < -0.39 is 0 Å². The summed E-state index contributed by atoms with van der Waals surface area (Å²) in [4.78, 5) is 4.29. The second-order valence-electron chi connectivity index (χ2n) is 3.10. The van der Waals surface area contributed by atoms with Crippen molar-refractivity contribution in [3.63, 3.8) is 0 Å². The Morgan fingerprint density at radius 2 is 2.27 bits per heavy atom. The molecular formula is C9H9BrN4S. The molecule has 0 unspecified atom stereocenters. The van der Waals surface area contributed by atoms with Gasteiger partial charge in [0.05, 0.1) is 0 Å². The quantitative estimate of drug-likeness (QED) is 0.850. The fourth-order valence-corrected chi connectivity index (χ4v) is 2.05. The van der Waals surface area contributed by atoms with Gasteiger partial charge >= 0.3 is 0 Å². The first-order valence-corrected chi connectivity index (χ1v) is 5.92. The van der Waals surface area contributed by atoms with Gasteiger partial charge in [-0.25, -0.2) is 4.98 Å². The lowest BCUT2D eigenvalue weighted by Gasteiger charge is -2.02. The van der Waals surface area contributed by atoms with Crippen LogP contribution < -0.4 is 0 Å². The molecule has 4 nitrogen and oxygen atoms in total. The molecule has 2 aromatic heterocycles. The molecule has 15 heavy (non-hydrogen) atoms. The Morgan fingerprint density at radius 1 is 1.47 bits per heavy atom. The van der Waals surface area contributed by atoms with E-state index in [1.54, 1.807) is 12.5 Å². The third kappa shape index (κ3) is 2.38. The van der Waals surface area contributed by atoms with Crippen molar-refractivity contribution in [3.05, 3.63) is 28.6 Å². The first kappa shape index (κ1) is 10.6. The maximum absolute atomic E-state index is 4.29. The maximum Gasteiger partial charge on any atom is 0.197 e. The predicted octanol–water partition coefficient (Wildman–Crippen LogP) is 2.43. The van der Waals surface area contributed by atoms with E-state index >= 15 is 0 Å². The van der Waals surface area contributed by atoms with Crippen LogP contribution in [0.1, 0.15) is 5.56 Å². The van der Waals surface area contributed by atoms with Crippen molar-refractivity contribution in [1.82, 2.24) is 19.7 Å². The second kappa shape index (κ2) is 4.32. The van der Waals surface area contributed by atoms with Gasteiger partial charge in [0.2, 0.25) is 0 Å². The smallest absolute Gasteiger partial charge is 0.197 e. The fourth-order valence-electron chi connectivity index (χ4n) is 1.03. The Balaban J connectivity index is 2.25. The van der Waals surface area contributed by atoms with Gasteiger partial charge in [-0.15, -0.1) is 10.2 Å². The van der Waals surface area contributed by atoms with Crippen LogP contribution >= 0.6 is 27.7 Å². The van der Waals surface area contributed by atoms with Crippen molar-refractivity contribution in [1.29, 1.82) is 0 Å². The standard InChI is InChI=1S/C9H9BrN4S/c1-6-3-8(11-4-7(6)10)15-9-13-12-5-14(9)2/h3-5H,1-2H3. The van der Waals surface area contributed by atoms with Crippen LogP contribution in [0.15, 0.2) is 33.2 Å². The van der Waals surface area contributed by atoms with E-state index in [9.17, 15) is 0 Å². The zero-order chi connectivity index (χ0) is 10.8. The van der Waals surface area contributed by atoms with Crippen LogP contribution in [-0.2, 0) is 7.05 Å². The molecule has 0 aliphatic carbocycles. The topological polar surface area (TPSA) is 43.6 Å². The highest BCUT2D eigenvalue weighted by Crippen LogP contribution is 2.26. The summed E-state index contributed by atoms with van der Waals surface area (Å²) in [6.45, 7) is 2.03. The molecule has 6 heteroatoms. The van der Waals surface area contributed by atoms with Crippen molar-refractivity contribution in [2.45, 2.75) is 17.1 Å². The molecule has 0 radical (unpaired) electrons. The van der Waals surface area contributed by atoms with E-state index in [0.717, 1.165) is 20.2 Å². The highest BCUT2D eigenvalue weighted by Gasteiger charge is 2.05. The predicted molar refractivity (Wildman–Crippen MR) is 61.8 cm³/mol. The number of halogens is 1. The number of hydrogen-bond acceptors (Lipinski definition) is 4. The van der Waals surface area contributed by atoms with Gasteiger partial charge in [-0.1, -0.05) is 0 Å². The van der Waals surface area contributed by atoms with Gasteiger partial charge < -0.3 is 4.57 Å². The van der Waals surface area contributed by atoms with Gasteiger partial charge in [0, 0.05) is 17.7 Å². The first-order valence-electron chi connectivity index (χ1n) is 4.31. The molecule has 0 aliphatic heterocycles. The minimum atomic E-state index is 0.837. The second-order valence-corrected chi connectivity index (χ2v) is 4.94. The van der Waals surface area contributed by atoms with Crippen LogP contribution in [0.5, 0.6) is 0 Å². The van der Waals surface area contributed by atoms with Gasteiger partial charge in [-0.05, 0) is 46.2 Å². The van der Waals surface area contributed by atoms with Gasteiger partial charge in [-0.3, -0.25) is 0 Å². The Bertz CT molecular complexity index is 483. The summed E-state index contributed by atoms with van der Waals surface area (Å²) in [5, 5.41) is 9.56. The van der Waals surface area contributed by atoms with E-state index in [2.05, 4.69) is 31.1 Å². The summed E-state index contributed by atoms with van der Waals surface area (Å²) >= 11 is 4.92. The van der Waals surface area contributed by atoms with E-state index in [0.29, 0.717) is 0 Å². The molecule has 2 aromatic rings. The molecule has 78 valence electrons. The molecule has 0 spiro atoms. The number of aryl methyl sites for hydroxylation is 2. The summed E-state index contributed by atoms with van der Waals surface area (Å²) in [7, 11) is 1.91. The molecule has 0 amide bonds. The number of rotatable bonds is 2. The van der Waals surface area contributed by atoms with Crippen molar-refractivity contribution < 1.29 is 0 Å². The molecule has 2 rings (SSSR count). The summed E-state index contributed by atoms with van der Waals surface area (Å²) in [5.74, 6) is 0. The molecule has 0 saturated carbocycles. The molecule has 0 saturated heterocycles. The number of hydrogen-bond donors (Lipinski definition) is 0. The summed E-state index contributed by atoms with van der Waals surface area (Å²) in [5.41, 5.74) is 1.16. The molecule has 0 fully saturated rings. The lowest BCUT2D eigenvalue weighted by Crippen LogP contribution is -1.90. The first-order chi connectivity index (χ1) is 7.16. The highest BCUT2D eigenvalue weighted by molar-refractivity contribution is 9.10. The van der Waals surface area contributed by atoms with Crippen LogP contribution in [0.3, 0.4) is 0 Å². The van der Waals surface area contributed by atoms with E-state index in [1.165, 1.54) is 11.8 Å². The SMILES string of the molecule is Cc1cc(Sc2nncn2C)ncc1Br. The lowest BCUT2D eigenvalue weighted by molar-refractivity contribution is 0.787. The summed E-state index contributed by atoms with van der Waals surface area (Å²) < 4.78 is 2.88. The Labute approximate surface area is 100 Å². The number of nitrogens with zero attached hydrogens (tertiary/aromatic N) is 4. The lowest BCUT2D eigenvalue weighted by atomic mass is 10.3. The van der Waals surface area contributed by atoms with E-state index in [1.807, 2.05) is 24.6 Å². The van der Waals surface area contributed by atoms with Crippen molar-refractivity contribution in [3.8, 4) is 0 Å². The average Bonchev–Trinajstić information content (AvgIpc) is 2.59. The number of pyridine rings is 1. The molecule has 0 atom stereocenters. The molecular weight excluding hydrogens is 276 g/mol. The summed E-state index contributed by atoms with van der Waals surface area (Å²) in [6, 6.07) is 2.02. The Hall–Kier alpha value is -0.880. The molecule has 0 N–H and O–H groups in total. The van der Waals surface area contributed by atoms with E-state index in [-0.39, 0.29) is 0 Å². The van der Waals surface area contributed by atoms with Crippen LogP contribution in [0, 0.1) is 6.92 Å². The fraction of sp³-hybridized carbons (Fsp3) is 0.222. The third-order valence-corrected chi connectivity index (χ3v) is 3.70. The molecule has 0 aromatic carbocycles. The van der Waals surface area contributed by atoms with Gasteiger partial charge in [0.15, 0.2) is 5.16 Å². The largest absolute Gasteiger partial charge is 0.311 e. The zero-order valence-corrected chi connectivity index (χ0v) is 10.7. The zero-order valence-electron chi connectivity index (χ0n) is 8.31. The monoisotopic (exact) mass is 284 g/mol. The van der Waals surface area contributed by atoms with Crippen molar-refractivity contribution in [2.75, 3.05) is 0 Å². The Kier molecular flexibility index (Phi) is 3.06. The summed E-state index contributed by atoms with van der Waals surface area (Å²) in [6.07, 6.45) is 3.47. The normalized spacial score (nSPS) is 10.6. The van der Waals surface area contributed by atoms with Crippen LogP contribution in [0.2, 0.25) is 0 Å². The minimum Gasteiger partial charge on any atom is -0.311 e. The molecule has 2 heterocycles. The average molecular weight is 285 g/mol. The van der Waals surface area contributed by atoms with Gasteiger partial charge in [0.25, 0.3) is 0 Å². The maximum atomic E-state index is 4.29. The van der Waals surface area contributed by atoms with Crippen molar-refractivity contribution >= 4 is 27.7 Å². The van der Waals surface area contributed by atoms with Gasteiger partial charge in [-0.2, -0.15) is 0 Å². The van der Waals surface area contributed by atoms with Crippen LogP contribution in [-0.4, -0.2) is 19.7 Å².